The average molecular weight is 577 g/mol. The van der Waals surface area contributed by atoms with E-state index in [1.807, 2.05) is 91.8 Å². The van der Waals surface area contributed by atoms with Gasteiger partial charge in [-0.05, 0) is 88.7 Å². The summed E-state index contributed by atoms with van der Waals surface area (Å²) in [5.74, 6) is 0.185. The number of amides is 2. The lowest BCUT2D eigenvalue weighted by molar-refractivity contribution is -0.123. The smallest absolute Gasteiger partial charge is 0.241 e. The van der Waals surface area contributed by atoms with Gasteiger partial charge in [0.05, 0.1) is 12.1 Å². The van der Waals surface area contributed by atoms with Crippen molar-refractivity contribution in [2.45, 2.75) is 106 Å². The molecule has 0 spiro atoms. The first-order valence-corrected chi connectivity index (χ1v) is 16.2. The van der Waals surface area contributed by atoms with Gasteiger partial charge in [-0.2, -0.15) is 0 Å². The fourth-order valence-electron chi connectivity index (χ4n) is 5.87. The van der Waals surface area contributed by atoms with Gasteiger partial charge in [-0.15, -0.1) is 0 Å². The molecule has 0 saturated carbocycles. The Bertz CT molecular complexity index is 1030. The third kappa shape index (κ3) is 9.81. The highest BCUT2D eigenvalue weighted by Crippen LogP contribution is 2.25. The van der Waals surface area contributed by atoms with Crippen molar-refractivity contribution in [1.82, 2.24) is 9.80 Å². The summed E-state index contributed by atoms with van der Waals surface area (Å²) in [4.78, 5) is 31.1. The maximum Gasteiger partial charge on any atom is 0.241 e. The molecule has 2 amide bonds. The number of nitrogens with zero attached hydrogens (tertiary/aromatic N) is 2. The summed E-state index contributed by atoms with van der Waals surface area (Å²) in [5, 5.41) is 6.42. The van der Waals surface area contributed by atoms with Gasteiger partial charge >= 0.3 is 0 Å². The molecule has 2 unspecified atom stereocenters. The summed E-state index contributed by atoms with van der Waals surface area (Å²) in [5.41, 5.74) is 6.26. The van der Waals surface area contributed by atoms with Gasteiger partial charge in [0.15, 0.2) is 0 Å². The number of piperidine rings is 2. The molecule has 2 aliphatic heterocycles. The quantitative estimate of drug-likeness (QED) is 0.315. The van der Waals surface area contributed by atoms with Gasteiger partial charge in [-0.3, -0.25) is 19.4 Å². The van der Waals surface area contributed by atoms with Gasteiger partial charge in [0.1, 0.15) is 0 Å². The van der Waals surface area contributed by atoms with E-state index in [0.717, 1.165) is 98.3 Å². The summed E-state index contributed by atoms with van der Waals surface area (Å²) in [6.07, 6.45) is 10.5. The molecule has 4 rings (SSSR count). The van der Waals surface area contributed by atoms with Gasteiger partial charge in [0.25, 0.3) is 0 Å². The number of benzene rings is 2. The molecule has 2 fully saturated rings. The number of anilines is 2. The zero-order valence-electron chi connectivity index (χ0n) is 27.6. The van der Waals surface area contributed by atoms with E-state index in [-0.39, 0.29) is 23.9 Å². The highest BCUT2D eigenvalue weighted by molar-refractivity contribution is 5.97. The van der Waals surface area contributed by atoms with Crippen LogP contribution in [0, 0.1) is 27.7 Å². The molecular formula is C36H56N4O2. The second-order valence-electron chi connectivity index (χ2n) is 11.0. The van der Waals surface area contributed by atoms with Crippen molar-refractivity contribution in [3.05, 3.63) is 70.8 Å². The lowest BCUT2D eigenvalue weighted by Gasteiger charge is -2.35. The van der Waals surface area contributed by atoms with E-state index in [4.69, 9.17) is 0 Å². The minimum Gasteiger partial charge on any atom is -0.324 e. The Morgan fingerprint density at radius 3 is 1.31 bits per heavy atom. The van der Waals surface area contributed by atoms with E-state index >= 15 is 0 Å². The van der Waals surface area contributed by atoms with Crippen LogP contribution in [0.5, 0.6) is 0 Å². The van der Waals surface area contributed by atoms with Crippen molar-refractivity contribution < 1.29 is 9.59 Å². The minimum absolute atomic E-state index is 0.0924. The Morgan fingerprint density at radius 1 is 0.643 bits per heavy atom. The van der Waals surface area contributed by atoms with Gasteiger partial charge in [-0.1, -0.05) is 89.1 Å². The lowest BCUT2D eigenvalue weighted by atomic mass is 10.00. The molecule has 0 bridgehead atoms. The van der Waals surface area contributed by atoms with Crippen molar-refractivity contribution in [3.63, 3.8) is 0 Å². The van der Waals surface area contributed by atoms with Crippen LogP contribution in [-0.4, -0.2) is 59.9 Å². The fourth-order valence-corrected chi connectivity index (χ4v) is 5.87. The monoisotopic (exact) mass is 576 g/mol. The van der Waals surface area contributed by atoms with E-state index in [1.54, 1.807) is 0 Å². The molecular weight excluding hydrogens is 520 g/mol. The highest BCUT2D eigenvalue weighted by atomic mass is 16.2. The van der Waals surface area contributed by atoms with E-state index < -0.39 is 0 Å². The van der Waals surface area contributed by atoms with Crippen molar-refractivity contribution in [1.29, 1.82) is 0 Å². The largest absolute Gasteiger partial charge is 0.324 e. The van der Waals surface area contributed by atoms with Crippen molar-refractivity contribution >= 4 is 23.2 Å². The maximum atomic E-state index is 13.2. The number of nitrogens with one attached hydrogen (secondary N) is 2. The van der Waals surface area contributed by atoms with Crippen molar-refractivity contribution in [3.8, 4) is 0 Å². The van der Waals surface area contributed by atoms with Crippen LogP contribution in [0.25, 0.3) is 0 Å². The molecule has 2 aromatic rings. The molecule has 232 valence electrons. The van der Waals surface area contributed by atoms with Gasteiger partial charge < -0.3 is 10.6 Å². The standard InChI is InChI=1S/C32H44N4O2.2C2H6/c1-23-13-11-14-24(2)29(23)33-31(37)27-17-5-7-19-35(27)21-9-10-22-36-20-8-6-18-28(36)32(38)34-30-25(3)15-12-16-26(30)4;2*1-2/h9-16,27-28H,5-8,17-22H2,1-4H3,(H,33,37)(H,34,38);2*1-2H3/b10-9+;;. The summed E-state index contributed by atoms with van der Waals surface area (Å²) in [6, 6.07) is 12.0. The van der Waals surface area contributed by atoms with Crippen molar-refractivity contribution in [2.75, 3.05) is 36.8 Å². The first kappa shape index (κ1) is 35.2. The zero-order valence-corrected chi connectivity index (χ0v) is 27.6. The van der Waals surface area contributed by atoms with Crippen molar-refractivity contribution in [2.24, 2.45) is 0 Å². The van der Waals surface area contributed by atoms with Gasteiger partial charge in [-0.25, -0.2) is 0 Å². The Kier molecular flexibility index (Phi) is 15.6. The normalized spacial score (nSPS) is 19.2. The molecule has 42 heavy (non-hydrogen) atoms. The van der Waals surface area contributed by atoms with Gasteiger partial charge in [0, 0.05) is 24.5 Å². The SMILES string of the molecule is CC.CC.Cc1cccc(C)c1NC(=O)C1CCCCN1C/C=C/CN1CCCCC1C(=O)Nc1c(C)cccc1C. The molecule has 6 nitrogen and oxygen atoms in total. The maximum absolute atomic E-state index is 13.2. The summed E-state index contributed by atoms with van der Waals surface area (Å²) < 4.78 is 0. The first-order valence-electron chi connectivity index (χ1n) is 16.2. The summed E-state index contributed by atoms with van der Waals surface area (Å²) in [7, 11) is 0. The van der Waals surface area contributed by atoms with E-state index in [1.165, 1.54) is 0 Å². The third-order valence-corrected chi connectivity index (χ3v) is 8.14. The molecule has 6 heteroatoms. The summed E-state index contributed by atoms with van der Waals surface area (Å²) >= 11 is 0. The van der Waals surface area contributed by atoms with E-state index in [2.05, 4.69) is 32.6 Å². The topological polar surface area (TPSA) is 64.7 Å². The molecule has 2 saturated heterocycles. The number of rotatable bonds is 8. The van der Waals surface area contributed by atoms with Crippen LogP contribution >= 0.6 is 0 Å². The zero-order chi connectivity index (χ0) is 31.1. The molecule has 2 aliphatic rings. The highest BCUT2D eigenvalue weighted by Gasteiger charge is 2.30. The molecule has 2 atom stereocenters. The molecule has 0 radical (unpaired) electrons. The number of carbonyl (C=O) groups is 2. The summed E-state index contributed by atoms with van der Waals surface area (Å²) in [6.45, 7) is 19.5. The average Bonchev–Trinajstić information content (AvgIpc) is 3.01. The number of hydrogen-bond donors (Lipinski definition) is 2. The van der Waals surface area contributed by atoms with Crippen LogP contribution in [0.15, 0.2) is 48.6 Å². The second kappa shape index (κ2) is 18.6. The number of carbonyl (C=O) groups excluding carboxylic acids is 2. The van der Waals surface area contributed by atoms with Crippen LogP contribution in [0.2, 0.25) is 0 Å². The second-order valence-corrected chi connectivity index (χ2v) is 11.0. The number of hydrogen-bond acceptors (Lipinski definition) is 4. The van der Waals surface area contributed by atoms with Crippen LogP contribution in [0.3, 0.4) is 0 Å². The third-order valence-electron chi connectivity index (χ3n) is 8.14. The number of likely N-dealkylation sites (tertiary alicyclic amines) is 2. The number of para-hydroxylation sites is 2. The predicted octanol–water partition coefficient (Wildman–Crippen LogP) is 7.82. The Hall–Kier alpha value is -2.96. The van der Waals surface area contributed by atoms with Crippen LogP contribution in [0.1, 0.15) is 88.5 Å². The first-order chi connectivity index (χ1) is 20.3. The number of aryl methyl sites for hydroxylation is 4. The predicted molar refractivity (Wildman–Crippen MR) is 179 cm³/mol. The van der Waals surface area contributed by atoms with Gasteiger partial charge in [0.2, 0.25) is 11.8 Å². The fraction of sp³-hybridized carbons (Fsp3) is 0.556. The molecule has 2 aromatic carbocycles. The Labute approximate surface area is 255 Å². The minimum atomic E-state index is -0.113. The van der Waals surface area contributed by atoms with Crippen LogP contribution < -0.4 is 10.6 Å². The van der Waals surface area contributed by atoms with Crippen LogP contribution in [-0.2, 0) is 9.59 Å². The molecule has 0 aliphatic carbocycles. The Balaban J connectivity index is 0.00000148. The molecule has 2 heterocycles. The molecule has 0 aromatic heterocycles. The van der Waals surface area contributed by atoms with Crippen LogP contribution in [0.4, 0.5) is 11.4 Å². The van der Waals surface area contributed by atoms with E-state index in [0.29, 0.717) is 0 Å². The Morgan fingerprint density at radius 2 is 0.976 bits per heavy atom. The van der Waals surface area contributed by atoms with E-state index in [9.17, 15) is 9.59 Å². The molecule has 2 N–H and O–H groups in total. The lowest BCUT2D eigenvalue weighted by Crippen LogP contribution is -2.48.